The Labute approximate surface area is 113 Å². The molecule has 0 fully saturated rings. The second-order valence-corrected chi connectivity index (χ2v) is 4.45. The quantitative estimate of drug-likeness (QED) is 0.820. The van der Waals surface area contributed by atoms with E-state index in [-0.39, 0.29) is 0 Å². The van der Waals surface area contributed by atoms with Crippen LogP contribution in [0.5, 0.6) is 11.5 Å². The van der Waals surface area contributed by atoms with Crippen LogP contribution in [-0.2, 0) is 0 Å². The average Bonchev–Trinajstić information content (AvgIpc) is 2.47. The minimum atomic E-state index is 0.846. The molecule has 1 aliphatic heterocycles. The SMILES string of the molecule is COc1ccc2c(c1)N(C)c1cc(OC)ccc1[C]2. The van der Waals surface area contributed by atoms with Crippen LogP contribution in [0, 0.1) is 6.42 Å². The lowest BCUT2D eigenvalue weighted by molar-refractivity contribution is 0.414. The normalized spacial score (nSPS) is 12.7. The lowest BCUT2D eigenvalue weighted by Gasteiger charge is -2.30. The first-order chi connectivity index (χ1) is 9.22. The molecule has 3 heteroatoms. The van der Waals surface area contributed by atoms with Gasteiger partial charge in [0.05, 0.1) is 20.6 Å². The van der Waals surface area contributed by atoms with Crippen molar-refractivity contribution in [2.45, 2.75) is 0 Å². The average molecular weight is 253 g/mol. The Morgan fingerprint density at radius 1 is 0.842 bits per heavy atom. The van der Waals surface area contributed by atoms with E-state index in [9.17, 15) is 0 Å². The first-order valence-corrected chi connectivity index (χ1v) is 6.10. The number of methoxy groups -OCH3 is 2. The topological polar surface area (TPSA) is 21.7 Å². The van der Waals surface area contributed by atoms with Crippen LogP contribution in [0.2, 0.25) is 0 Å². The molecule has 0 aromatic heterocycles. The molecule has 0 saturated carbocycles. The fourth-order valence-corrected chi connectivity index (χ4v) is 2.32. The fourth-order valence-electron chi connectivity index (χ4n) is 2.32. The lowest BCUT2D eigenvalue weighted by Crippen LogP contribution is -2.17. The van der Waals surface area contributed by atoms with Gasteiger partial charge in [-0.1, -0.05) is 12.1 Å². The number of hydrogen-bond donors (Lipinski definition) is 0. The minimum Gasteiger partial charge on any atom is -0.497 e. The van der Waals surface area contributed by atoms with Gasteiger partial charge in [0.1, 0.15) is 11.5 Å². The molecule has 2 aromatic carbocycles. The molecule has 1 aliphatic rings. The summed E-state index contributed by atoms with van der Waals surface area (Å²) in [4.78, 5) is 2.13. The maximum atomic E-state index is 5.28. The molecule has 96 valence electrons. The van der Waals surface area contributed by atoms with E-state index in [1.807, 2.05) is 43.4 Å². The molecule has 2 aromatic rings. The van der Waals surface area contributed by atoms with Gasteiger partial charge in [-0.05, 0) is 23.3 Å². The number of rotatable bonds is 2. The Morgan fingerprint density at radius 3 is 1.74 bits per heavy atom. The third kappa shape index (κ3) is 1.91. The van der Waals surface area contributed by atoms with Gasteiger partial charge in [-0.2, -0.15) is 0 Å². The highest BCUT2D eigenvalue weighted by Crippen LogP contribution is 2.41. The van der Waals surface area contributed by atoms with E-state index in [2.05, 4.69) is 11.3 Å². The van der Waals surface area contributed by atoms with Crippen molar-refractivity contribution in [3.8, 4) is 11.5 Å². The van der Waals surface area contributed by atoms with Crippen molar-refractivity contribution in [2.75, 3.05) is 26.2 Å². The predicted octanol–water partition coefficient (Wildman–Crippen LogP) is 3.26. The van der Waals surface area contributed by atoms with Crippen molar-refractivity contribution >= 4 is 11.4 Å². The highest BCUT2D eigenvalue weighted by molar-refractivity contribution is 5.79. The summed E-state index contributed by atoms with van der Waals surface area (Å²) in [5, 5.41) is 0. The van der Waals surface area contributed by atoms with Crippen molar-refractivity contribution in [2.24, 2.45) is 0 Å². The number of ether oxygens (including phenoxy) is 2. The van der Waals surface area contributed by atoms with Crippen LogP contribution in [0.25, 0.3) is 0 Å². The Morgan fingerprint density at radius 2 is 1.32 bits per heavy atom. The molecule has 0 unspecified atom stereocenters. The van der Waals surface area contributed by atoms with Crippen LogP contribution in [0.3, 0.4) is 0 Å². The first-order valence-electron chi connectivity index (χ1n) is 6.10. The third-order valence-electron chi connectivity index (χ3n) is 3.40. The van der Waals surface area contributed by atoms with Crippen LogP contribution in [0.4, 0.5) is 11.4 Å². The zero-order valence-electron chi connectivity index (χ0n) is 11.2. The van der Waals surface area contributed by atoms with Gasteiger partial charge in [0.15, 0.2) is 0 Å². The third-order valence-corrected chi connectivity index (χ3v) is 3.40. The van der Waals surface area contributed by atoms with Gasteiger partial charge >= 0.3 is 0 Å². The number of hydrogen-bond acceptors (Lipinski definition) is 3. The van der Waals surface area contributed by atoms with Crippen LogP contribution < -0.4 is 14.4 Å². The molecule has 0 aliphatic carbocycles. The van der Waals surface area contributed by atoms with Crippen molar-refractivity contribution in [3.05, 3.63) is 53.9 Å². The maximum Gasteiger partial charge on any atom is 0.120 e. The second-order valence-electron chi connectivity index (χ2n) is 4.45. The lowest BCUT2D eigenvalue weighted by atomic mass is 9.95. The molecule has 19 heavy (non-hydrogen) atoms. The zero-order chi connectivity index (χ0) is 13.4. The van der Waals surface area contributed by atoms with Crippen molar-refractivity contribution in [1.29, 1.82) is 0 Å². The fraction of sp³-hybridized carbons (Fsp3) is 0.188. The zero-order valence-corrected chi connectivity index (χ0v) is 11.2. The van der Waals surface area contributed by atoms with Crippen molar-refractivity contribution in [1.82, 2.24) is 0 Å². The molecule has 0 bridgehead atoms. The minimum absolute atomic E-state index is 0.846. The largest absolute Gasteiger partial charge is 0.497 e. The van der Waals surface area contributed by atoms with Gasteiger partial charge < -0.3 is 14.4 Å². The van der Waals surface area contributed by atoms with E-state index in [4.69, 9.17) is 9.47 Å². The molecule has 3 rings (SSSR count). The Hall–Kier alpha value is -2.16. The van der Waals surface area contributed by atoms with E-state index in [0.717, 1.165) is 34.0 Å². The van der Waals surface area contributed by atoms with E-state index in [1.54, 1.807) is 14.2 Å². The van der Waals surface area contributed by atoms with Gasteiger partial charge in [-0.3, -0.25) is 0 Å². The number of anilines is 2. The van der Waals surface area contributed by atoms with Gasteiger partial charge in [0.2, 0.25) is 0 Å². The van der Waals surface area contributed by atoms with E-state index in [1.165, 1.54) is 0 Å². The summed E-state index contributed by atoms with van der Waals surface area (Å²) in [6, 6.07) is 12.0. The summed E-state index contributed by atoms with van der Waals surface area (Å²) in [5.74, 6) is 1.69. The molecule has 0 saturated heterocycles. The van der Waals surface area contributed by atoms with E-state index >= 15 is 0 Å². The number of nitrogens with zero attached hydrogens (tertiary/aromatic N) is 1. The summed E-state index contributed by atoms with van der Waals surface area (Å²) in [5.41, 5.74) is 4.31. The van der Waals surface area contributed by atoms with Gasteiger partial charge in [0, 0.05) is 30.6 Å². The van der Waals surface area contributed by atoms with Crippen molar-refractivity contribution < 1.29 is 9.47 Å². The number of benzene rings is 2. The maximum absolute atomic E-state index is 5.28. The molecular weight excluding hydrogens is 238 g/mol. The Bertz CT molecular complexity index is 569. The molecule has 0 amide bonds. The molecule has 2 radical (unpaired) electrons. The summed E-state index contributed by atoms with van der Waals surface area (Å²) >= 11 is 0. The summed E-state index contributed by atoms with van der Waals surface area (Å²) in [6.07, 6.45) is 3.42. The molecule has 0 spiro atoms. The molecular formula is C16H15NO2. The van der Waals surface area contributed by atoms with Gasteiger partial charge in [-0.15, -0.1) is 0 Å². The first kappa shape index (κ1) is 11.9. The molecule has 1 heterocycles. The van der Waals surface area contributed by atoms with Crippen LogP contribution >= 0.6 is 0 Å². The van der Waals surface area contributed by atoms with E-state index < -0.39 is 0 Å². The van der Waals surface area contributed by atoms with Gasteiger partial charge in [0.25, 0.3) is 0 Å². The van der Waals surface area contributed by atoms with E-state index in [0.29, 0.717) is 0 Å². The molecule has 0 atom stereocenters. The van der Waals surface area contributed by atoms with Crippen LogP contribution in [-0.4, -0.2) is 21.3 Å². The summed E-state index contributed by atoms with van der Waals surface area (Å²) in [7, 11) is 5.39. The van der Waals surface area contributed by atoms with Crippen LogP contribution in [0.1, 0.15) is 11.1 Å². The molecule has 3 nitrogen and oxygen atoms in total. The Kier molecular flexibility index (Phi) is 2.82. The highest BCUT2D eigenvalue weighted by Gasteiger charge is 2.21. The number of fused-ring (bicyclic) bond motifs is 2. The monoisotopic (exact) mass is 253 g/mol. The Balaban J connectivity index is 2.09. The standard InChI is InChI=1S/C16H15NO2/c1-17-15-9-13(18-2)6-4-11(15)8-12-5-7-14(19-3)10-16(12)17/h4-7,9-10H,1-3H3. The summed E-state index contributed by atoms with van der Waals surface area (Å²) < 4.78 is 10.6. The summed E-state index contributed by atoms with van der Waals surface area (Å²) in [6.45, 7) is 0. The second kappa shape index (κ2) is 4.50. The molecule has 0 N–H and O–H groups in total. The highest BCUT2D eigenvalue weighted by atomic mass is 16.5. The van der Waals surface area contributed by atoms with Crippen LogP contribution in [0.15, 0.2) is 36.4 Å². The van der Waals surface area contributed by atoms with Gasteiger partial charge in [-0.25, -0.2) is 0 Å². The smallest absolute Gasteiger partial charge is 0.120 e. The predicted molar refractivity (Wildman–Crippen MR) is 75.5 cm³/mol. The van der Waals surface area contributed by atoms with Crippen molar-refractivity contribution in [3.63, 3.8) is 0 Å².